The molecule has 0 aliphatic rings. The van der Waals surface area contributed by atoms with Crippen LogP contribution in [0.5, 0.6) is 5.75 Å². The summed E-state index contributed by atoms with van der Waals surface area (Å²) >= 11 is 0. The molecule has 0 spiro atoms. The van der Waals surface area contributed by atoms with Crippen LogP contribution < -0.4 is 15.4 Å². The number of ether oxygens (including phenoxy) is 1. The molecule has 0 aliphatic heterocycles. The minimum Gasteiger partial charge on any atom is -0.495 e. The van der Waals surface area contributed by atoms with Gasteiger partial charge in [-0.15, -0.1) is 0 Å². The van der Waals surface area contributed by atoms with Crippen molar-refractivity contribution in [3.8, 4) is 11.8 Å². The van der Waals surface area contributed by atoms with Crippen LogP contribution in [0.4, 0.5) is 5.69 Å². The van der Waals surface area contributed by atoms with Gasteiger partial charge in [0, 0.05) is 25.1 Å². The molecule has 1 amide bonds. The summed E-state index contributed by atoms with van der Waals surface area (Å²) in [6.45, 7) is 2.25. The highest BCUT2D eigenvalue weighted by Gasteiger charge is 2.09. The fraction of sp³-hybridized carbons (Fsp3) is 0.167. The van der Waals surface area contributed by atoms with E-state index in [1.54, 1.807) is 25.6 Å². The van der Waals surface area contributed by atoms with Gasteiger partial charge in [0.1, 0.15) is 17.4 Å². The molecule has 1 aromatic heterocycles. The number of nitrogens with zero attached hydrogens (tertiary/aromatic N) is 2. The molecule has 6 nitrogen and oxygen atoms in total. The van der Waals surface area contributed by atoms with Crippen molar-refractivity contribution >= 4 is 11.6 Å². The molecular weight excluding hydrogens is 304 g/mol. The van der Waals surface area contributed by atoms with Crippen LogP contribution in [0, 0.1) is 18.3 Å². The van der Waals surface area contributed by atoms with E-state index in [1.807, 2.05) is 37.3 Å². The number of benzene rings is 1. The van der Waals surface area contributed by atoms with Crippen LogP contribution in [0.1, 0.15) is 11.1 Å². The first-order chi connectivity index (χ1) is 11.6. The van der Waals surface area contributed by atoms with Gasteiger partial charge in [0.15, 0.2) is 0 Å². The number of aromatic nitrogens is 1. The molecule has 0 unspecified atom stereocenters. The number of pyridine rings is 1. The summed E-state index contributed by atoms with van der Waals surface area (Å²) in [5, 5.41) is 14.8. The number of aryl methyl sites for hydroxylation is 1. The van der Waals surface area contributed by atoms with Gasteiger partial charge in [-0.05, 0) is 36.2 Å². The maximum atomic E-state index is 12.1. The standard InChI is InChI=1S/C18H18N4O2/c1-13-5-6-17(24-2)16(8-13)21-12-15(9-19)18(23)22-11-14-4-3-7-20-10-14/h3-8,10,12,21H,11H2,1-2H3,(H,22,23)/b15-12-. The average Bonchev–Trinajstić information content (AvgIpc) is 2.61. The zero-order chi connectivity index (χ0) is 17.4. The van der Waals surface area contributed by atoms with Gasteiger partial charge in [-0.1, -0.05) is 12.1 Å². The van der Waals surface area contributed by atoms with E-state index in [9.17, 15) is 10.1 Å². The summed E-state index contributed by atoms with van der Waals surface area (Å²) in [6, 6.07) is 11.1. The summed E-state index contributed by atoms with van der Waals surface area (Å²) in [5.41, 5.74) is 2.55. The lowest BCUT2D eigenvalue weighted by Crippen LogP contribution is -2.24. The number of hydrogen-bond acceptors (Lipinski definition) is 5. The second-order valence-electron chi connectivity index (χ2n) is 5.06. The van der Waals surface area contributed by atoms with Crippen LogP contribution in [0.15, 0.2) is 54.5 Å². The van der Waals surface area contributed by atoms with E-state index in [-0.39, 0.29) is 5.57 Å². The minimum absolute atomic E-state index is 0.0255. The predicted molar refractivity (Wildman–Crippen MR) is 91.1 cm³/mol. The van der Waals surface area contributed by atoms with Gasteiger partial charge in [-0.3, -0.25) is 9.78 Å². The molecule has 24 heavy (non-hydrogen) atoms. The number of hydrogen-bond donors (Lipinski definition) is 2. The van der Waals surface area contributed by atoms with Crippen LogP contribution >= 0.6 is 0 Å². The number of nitrogens with one attached hydrogen (secondary N) is 2. The molecule has 0 aliphatic carbocycles. The number of anilines is 1. The number of carbonyl (C=O) groups is 1. The van der Waals surface area contributed by atoms with Crippen LogP contribution in [-0.2, 0) is 11.3 Å². The number of rotatable bonds is 6. The quantitative estimate of drug-likeness (QED) is 0.630. The summed E-state index contributed by atoms with van der Waals surface area (Å²) in [4.78, 5) is 16.1. The van der Waals surface area contributed by atoms with Crippen LogP contribution in [0.3, 0.4) is 0 Å². The molecule has 1 aromatic carbocycles. The van der Waals surface area contributed by atoms with Crippen LogP contribution in [0.2, 0.25) is 0 Å². The Bertz CT molecular complexity index is 779. The second-order valence-corrected chi connectivity index (χ2v) is 5.06. The number of methoxy groups -OCH3 is 1. The van der Waals surface area contributed by atoms with E-state index in [1.165, 1.54) is 6.20 Å². The Balaban J connectivity index is 2.05. The zero-order valence-corrected chi connectivity index (χ0v) is 13.5. The largest absolute Gasteiger partial charge is 0.495 e. The van der Waals surface area contributed by atoms with Gasteiger partial charge in [-0.25, -0.2) is 0 Å². The third-order valence-corrected chi connectivity index (χ3v) is 3.27. The molecule has 2 aromatic rings. The molecule has 0 fully saturated rings. The predicted octanol–water partition coefficient (Wildman–Crippen LogP) is 2.53. The van der Waals surface area contributed by atoms with E-state index < -0.39 is 5.91 Å². The van der Waals surface area contributed by atoms with Crippen molar-refractivity contribution in [2.75, 3.05) is 12.4 Å². The van der Waals surface area contributed by atoms with E-state index in [0.29, 0.717) is 18.0 Å². The molecule has 2 N–H and O–H groups in total. The summed E-state index contributed by atoms with van der Waals surface area (Å²) in [5.74, 6) is 0.172. The first-order valence-corrected chi connectivity index (χ1v) is 7.32. The highest BCUT2D eigenvalue weighted by atomic mass is 16.5. The Hall–Kier alpha value is -3.33. The van der Waals surface area contributed by atoms with Gasteiger partial charge < -0.3 is 15.4 Å². The number of carbonyl (C=O) groups excluding carboxylic acids is 1. The molecule has 0 radical (unpaired) electrons. The summed E-state index contributed by atoms with van der Waals surface area (Å²) in [7, 11) is 1.56. The normalized spacial score (nSPS) is 10.6. The maximum absolute atomic E-state index is 12.1. The Labute approximate surface area is 140 Å². The van der Waals surface area contributed by atoms with Crippen LogP contribution in [0.25, 0.3) is 0 Å². The molecular formula is C18H18N4O2. The number of amides is 1. The lowest BCUT2D eigenvalue weighted by molar-refractivity contribution is -0.117. The Morgan fingerprint density at radius 1 is 1.42 bits per heavy atom. The Morgan fingerprint density at radius 3 is 2.92 bits per heavy atom. The van der Waals surface area contributed by atoms with E-state index in [2.05, 4.69) is 15.6 Å². The average molecular weight is 322 g/mol. The maximum Gasteiger partial charge on any atom is 0.263 e. The van der Waals surface area contributed by atoms with Gasteiger partial charge in [-0.2, -0.15) is 5.26 Å². The molecule has 6 heteroatoms. The van der Waals surface area contributed by atoms with E-state index in [4.69, 9.17) is 4.74 Å². The molecule has 0 saturated heterocycles. The fourth-order valence-electron chi connectivity index (χ4n) is 2.01. The van der Waals surface area contributed by atoms with Crippen molar-refractivity contribution in [3.05, 3.63) is 65.6 Å². The first-order valence-electron chi connectivity index (χ1n) is 7.32. The summed E-state index contributed by atoms with van der Waals surface area (Å²) < 4.78 is 5.25. The van der Waals surface area contributed by atoms with Crippen molar-refractivity contribution in [2.45, 2.75) is 13.5 Å². The van der Waals surface area contributed by atoms with Crippen molar-refractivity contribution in [1.82, 2.24) is 10.3 Å². The van der Waals surface area contributed by atoms with Gasteiger partial charge in [0.05, 0.1) is 12.8 Å². The molecule has 0 saturated carbocycles. The molecule has 0 bridgehead atoms. The third-order valence-electron chi connectivity index (χ3n) is 3.27. The highest BCUT2D eigenvalue weighted by molar-refractivity contribution is 5.97. The Kier molecular flexibility index (Phi) is 5.92. The minimum atomic E-state index is -0.458. The zero-order valence-electron chi connectivity index (χ0n) is 13.5. The van der Waals surface area contributed by atoms with Crippen molar-refractivity contribution in [3.63, 3.8) is 0 Å². The topological polar surface area (TPSA) is 87.0 Å². The molecule has 1 heterocycles. The van der Waals surface area contributed by atoms with Crippen molar-refractivity contribution in [2.24, 2.45) is 0 Å². The second kappa shape index (κ2) is 8.34. The molecule has 2 rings (SSSR count). The monoisotopic (exact) mass is 322 g/mol. The first kappa shape index (κ1) is 17.0. The SMILES string of the molecule is COc1ccc(C)cc1N/C=C(/C#N)C(=O)NCc1cccnc1. The fourth-order valence-corrected chi connectivity index (χ4v) is 2.01. The van der Waals surface area contributed by atoms with Crippen molar-refractivity contribution in [1.29, 1.82) is 5.26 Å². The third kappa shape index (κ3) is 4.58. The molecule has 0 atom stereocenters. The van der Waals surface area contributed by atoms with Gasteiger partial charge in [0.2, 0.25) is 0 Å². The number of nitriles is 1. The Morgan fingerprint density at radius 2 is 2.25 bits per heavy atom. The molecule has 122 valence electrons. The van der Waals surface area contributed by atoms with E-state index >= 15 is 0 Å². The van der Waals surface area contributed by atoms with Crippen molar-refractivity contribution < 1.29 is 9.53 Å². The van der Waals surface area contributed by atoms with Gasteiger partial charge >= 0.3 is 0 Å². The lowest BCUT2D eigenvalue weighted by Gasteiger charge is -2.09. The smallest absolute Gasteiger partial charge is 0.263 e. The van der Waals surface area contributed by atoms with Crippen LogP contribution in [-0.4, -0.2) is 18.0 Å². The lowest BCUT2D eigenvalue weighted by atomic mass is 10.2. The summed E-state index contributed by atoms with van der Waals surface area (Å²) in [6.07, 6.45) is 4.69. The van der Waals surface area contributed by atoms with Gasteiger partial charge in [0.25, 0.3) is 5.91 Å². The highest BCUT2D eigenvalue weighted by Crippen LogP contribution is 2.25. The van der Waals surface area contributed by atoms with E-state index in [0.717, 1.165) is 11.1 Å².